The average Bonchev–Trinajstić information content (AvgIpc) is 3.09. The third-order valence-electron chi connectivity index (χ3n) is 3.65. The van der Waals surface area contributed by atoms with Crippen molar-refractivity contribution in [2.75, 3.05) is 13.1 Å². The van der Waals surface area contributed by atoms with Crippen molar-refractivity contribution in [3.05, 3.63) is 48.9 Å². The van der Waals surface area contributed by atoms with Crippen LogP contribution in [0.25, 0.3) is 11.3 Å². The molecule has 0 aliphatic carbocycles. The Balaban J connectivity index is 1.90. The third-order valence-corrected chi connectivity index (χ3v) is 4.52. The molecular weight excluding hydrogens is 290 g/mol. The van der Waals surface area contributed by atoms with Gasteiger partial charge < -0.3 is 4.98 Å². The highest BCUT2D eigenvalue weighted by Gasteiger charge is 2.17. The van der Waals surface area contributed by atoms with E-state index in [0.29, 0.717) is 0 Å². The summed E-state index contributed by atoms with van der Waals surface area (Å²) < 4.78 is 0. The molecule has 1 fully saturated rings. The normalized spacial score (nSPS) is 15.4. The van der Waals surface area contributed by atoms with Gasteiger partial charge in [0.2, 0.25) is 0 Å². The Kier molecular flexibility index (Phi) is 3.85. The molecule has 2 aromatic rings. The number of rotatable bonds is 4. The molecule has 0 spiro atoms. The van der Waals surface area contributed by atoms with Gasteiger partial charge in [-0.1, -0.05) is 11.3 Å². The molecule has 1 N–H and O–H groups in total. The van der Waals surface area contributed by atoms with Crippen LogP contribution in [0.3, 0.4) is 0 Å². The molecule has 6 nitrogen and oxygen atoms in total. The van der Waals surface area contributed by atoms with Crippen molar-refractivity contribution in [1.29, 1.82) is 0 Å². The largest absolute Gasteiger partial charge is 0.312 e. The molecule has 3 rings (SSSR count). The smallest absolute Gasteiger partial charge is 0.305 e. The molecular formula is C14H15N3O3S. The van der Waals surface area contributed by atoms with E-state index in [1.165, 1.54) is 36.3 Å². The zero-order valence-corrected chi connectivity index (χ0v) is 12.2. The molecule has 0 saturated carbocycles. The molecule has 1 aromatic heterocycles. The maximum Gasteiger partial charge on any atom is 0.305 e. The summed E-state index contributed by atoms with van der Waals surface area (Å²) in [7, 11) is 0. The van der Waals surface area contributed by atoms with Gasteiger partial charge in [0.25, 0.3) is 5.69 Å². The predicted octanol–water partition coefficient (Wildman–Crippen LogP) is 2.61. The van der Waals surface area contributed by atoms with Gasteiger partial charge in [0.05, 0.1) is 10.6 Å². The molecule has 1 saturated heterocycles. The van der Waals surface area contributed by atoms with Gasteiger partial charge in [-0.2, -0.15) is 0 Å². The highest BCUT2D eigenvalue weighted by molar-refractivity contribution is 7.09. The molecule has 2 heterocycles. The number of H-pyrrole nitrogens is 1. The fourth-order valence-corrected chi connectivity index (χ4v) is 3.49. The van der Waals surface area contributed by atoms with Crippen molar-refractivity contribution >= 4 is 17.0 Å². The second-order valence-corrected chi connectivity index (χ2v) is 6.17. The van der Waals surface area contributed by atoms with Crippen LogP contribution in [0.2, 0.25) is 0 Å². The fourth-order valence-electron chi connectivity index (χ4n) is 2.60. The Morgan fingerprint density at radius 3 is 2.52 bits per heavy atom. The molecule has 1 aromatic carbocycles. The first kappa shape index (κ1) is 14.0. The van der Waals surface area contributed by atoms with Gasteiger partial charge in [-0.25, -0.2) is 0 Å². The van der Waals surface area contributed by atoms with Crippen molar-refractivity contribution in [3.63, 3.8) is 0 Å². The average molecular weight is 305 g/mol. The summed E-state index contributed by atoms with van der Waals surface area (Å²) >= 11 is 1.22. The van der Waals surface area contributed by atoms with Crippen LogP contribution in [-0.4, -0.2) is 27.9 Å². The Morgan fingerprint density at radius 2 is 1.90 bits per heavy atom. The van der Waals surface area contributed by atoms with E-state index < -0.39 is 4.92 Å². The van der Waals surface area contributed by atoms with E-state index in [2.05, 4.69) is 9.88 Å². The summed E-state index contributed by atoms with van der Waals surface area (Å²) in [4.78, 5) is 28.0. The van der Waals surface area contributed by atoms with E-state index in [9.17, 15) is 14.9 Å². The van der Waals surface area contributed by atoms with Crippen LogP contribution >= 0.6 is 11.3 Å². The number of nitrogens with one attached hydrogen (secondary N) is 1. The van der Waals surface area contributed by atoms with Gasteiger partial charge in [-0.15, -0.1) is 0 Å². The monoisotopic (exact) mass is 305 g/mol. The number of nitro groups is 1. The second-order valence-electron chi connectivity index (χ2n) is 5.10. The molecule has 110 valence electrons. The molecule has 0 unspecified atom stereocenters. The topological polar surface area (TPSA) is 79.2 Å². The number of nitrogens with zero attached hydrogens (tertiary/aromatic N) is 2. The highest BCUT2D eigenvalue weighted by atomic mass is 32.1. The summed E-state index contributed by atoms with van der Waals surface area (Å²) in [5.41, 5.74) is 1.65. The SMILES string of the molecule is O=c1[nH]c(-c2ccc([N+](=O)[O-])cc2)c(CN2CCCC2)s1. The lowest BCUT2D eigenvalue weighted by Crippen LogP contribution is -2.18. The standard InChI is InChI=1S/C14H15N3O3S/c18-14-15-13(10-3-5-11(6-4-10)17(19)20)12(21-14)9-16-7-1-2-8-16/h3-6H,1-2,7-9H2,(H,15,18). The third kappa shape index (κ3) is 3.03. The number of hydrogen-bond donors (Lipinski definition) is 1. The molecule has 7 heteroatoms. The van der Waals surface area contributed by atoms with Gasteiger partial charge in [0.1, 0.15) is 0 Å². The summed E-state index contributed by atoms with van der Waals surface area (Å²) in [5.74, 6) is 0. The number of benzene rings is 1. The first-order valence-corrected chi connectivity index (χ1v) is 7.64. The zero-order chi connectivity index (χ0) is 14.8. The number of nitro benzene ring substituents is 1. The van der Waals surface area contributed by atoms with Crippen molar-refractivity contribution in [2.24, 2.45) is 0 Å². The van der Waals surface area contributed by atoms with Crippen LogP contribution in [0.1, 0.15) is 17.7 Å². The molecule has 21 heavy (non-hydrogen) atoms. The number of aromatic amines is 1. The number of hydrogen-bond acceptors (Lipinski definition) is 5. The van der Waals surface area contributed by atoms with Gasteiger partial charge in [-0.3, -0.25) is 19.8 Å². The molecule has 0 atom stereocenters. The van der Waals surface area contributed by atoms with E-state index in [-0.39, 0.29) is 10.6 Å². The number of non-ortho nitro benzene ring substituents is 1. The molecule has 1 aliphatic rings. The van der Waals surface area contributed by atoms with Crippen molar-refractivity contribution in [3.8, 4) is 11.3 Å². The first-order chi connectivity index (χ1) is 10.1. The lowest BCUT2D eigenvalue weighted by atomic mass is 10.1. The second kappa shape index (κ2) is 5.79. The minimum absolute atomic E-state index is 0.0532. The molecule has 1 aliphatic heterocycles. The van der Waals surface area contributed by atoms with Crippen LogP contribution in [-0.2, 0) is 6.54 Å². The Morgan fingerprint density at radius 1 is 1.24 bits per heavy atom. The molecule has 0 radical (unpaired) electrons. The lowest BCUT2D eigenvalue weighted by Gasteiger charge is -2.14. The van der Waals surface area contributed by atoms with E-state index in [0.717, 1.165) is 35.8 Å². The minimum Gasteiger partial charge on any atom is -0.312 e. The molecule has 0 bridgehead atoms. The van der Waals surface area contributed by atoms with Crippen LogP contribution < -0.4 is 4.87 Å². The number of aromatic nitrogens is 1. The molecule has 0 amide bonds. The fraction of sp³-hybridized carbons (Fsp3) is 0.357. The van der Waals surface area contributed by atoms with Crippen LogP contribution in [0, 0.1) is 10.1 Å². The van der Waals surface area contributed by atoms with Crippen molar-refractivity contribution in [1.82, 2.24) is 9.88 Å². The van der Waals surface area contributed by atoms with Gasteiger partial charge >= 0.3 is 4.87 Å². The predicted molar refractivity (Wildman–Crippen MR) is 81.5 cm³/mol. The first-order valence-electron chi connectivity index (χ1n) is 6.82. The maximum atomic E-state index is 11.7. The highest BCUT2D eigenvalue weighted by Crippen LogP contribution is 2.27. The van der Waals surface area contributed by atoms with Crippen LogP contribution in [0.15, 0.2) is 29.1 Å². The van der Waals surface area contributed by atoms with Gasteiger partial charge in [0.15, 0.2) is 0 Å². The zero-order valence-electron chi connectivity index (χ0n) is 11.4. The van der Waals surface area contributed by atoms with E-state index >= 15 is 0 Å². The quantitative estimate of drug-likeness (QED) is 0.695. The van der Waals surface area contributed by atoms with E-state index in [1.54, 1.807) is 12.1 Å². The van der Waals surface area contributed by atoms with E-state index in [4.69, 9.17) is 0 Å². The Bertz CT molecular complexity index is 699. The van der Waals surface area contributed by atoms with Crippen LogP contribution in [0.5, 0.6) is 0 Å². The Hall–Kier alpha value is -1.99. The van der Waals surface area contributed by atoms with Crippen LogP contribution in [0.4, 0.5) is 5.69 Å². The number of thiazole rings is 1. The number of likely N-dealkylation sites (tertiary alicyclic amines) is 1. The summed E-state index contributed by atoms with van der Waals surface area (Å²) in [6, 6.07) is 6.29. The summed E-state index contributed by atoms with van der Waals surface area (Å²) in [6.45, 7) is 2.88. The van der Waals surface area contributed by atoms with Crippen molar-refractivity contribution in [2.45, 2.75) is 19.4 Å². The minimum atomic E-state index is -0.425. The summed E-state index contributed by atoms with van der Waals surface area (Å²) in [6.07, 6.45) is 2.40. The summed E-state index contributed by atoms with van der Waals surface area (Å²) in [5, 5.41) is 10.7. The Labute approximate surface area is 125 Å². The van der Waals surface area contributed by atoms with Gasteiger partial charge in [-0.05, 0) is 43.6 Å². The van der Waals surface area contributed by atoms with Crippen molar-refractivity contribution < 1.29 is 4.92 Å². The van der Waals surface area contributed by atoms with Gasteiger partial charge in [0, 0.05) is 23.6 Å². The maximum absolute atomic E-state index is 11.7. The lowest BCUT2D eigenvalue weighted by molar-refractivity contribution is -0.384. The van der Waals surface area contributed by atoms with E-state index in [1.807, 2.05) is 0 Å².